The number of carboxylic acid groups (broad SMARTS) is 1. The van der Waals surface area contributed by atoms with Crippen molar-refractivity contribution < 1.29 is 19.5 Å². The molecule has 2 heterocycles. The monoisotopic (exact) mass is 345 g/mol. The topological polar surface area (TPSA) is 99.6 Å². The second kappa shape index (κ2) is 8.41. The first-order valence-electron chi connectivity index (χ1n) is 8.25. The molecule has 134 valence electrons. The molecule has 1 aromatic rings. The van der Waals surface area contributed by atoms with Gasteiger partial charge in [0.05, 0.1) is 23.7 Å². The normalized spacial score (nSPS) is 20.0. The van der Waals surface area contributed by atoms with Crippen LogP contribution in [-0.2, 0) is 14.4 Å². The highest BCUT2D eigenvalue weighted by Gasteiger charge is 2.36. The third kappa shape index (κ3) is 5.14. The molecule has 2 N–H and O–H groups in total. The molecule has 2 amide bonds. The van der Waals surface area contributed by atoms with E-state index < -0.39 is 17.8 Å². The fraction of sp³-hybridized carbons (Fsp3) is 0.444. The van der Waals surface area contributed by atoms with Gasteiger partial charge >= 0.3 is 5.97 Å². The molecule has 1 aliphatic heterocycles. The molecule has 0 saturated carbocycles. The summed E-state index contributed by atoms with van der Waals surface area (Å²) in [5.74, 6) is -2.74. The van der Waals surface area contributed by atoms with Gasteiger partial charge in [0.15, 0.2) is 0 Å². The molecule has 0 unspecified atom stereocenters. The number of rotatable bonds is 6. The first-order chi connectivity index (χ1) is 11.9. The third-order valence-corrected chi connectivity index (χ3v) is 4.26. The first kappa shape index (κ1) is 18.6. The number of pyridine rings is 1. The van der Waals surface area contributed by atoms with Crippen LogP contribution in [0.25, 0.3) is 0 Å². The molecule has 7 heteroatoms. The Morgan fingerprint density at radius 1 is 1.36 bits per heavy atom. The van der Waals surface area contributed by atoms with E-state index in [1.807, 2.05) is 6.92 Å². The molecule has 0 spiro atoms. The summed E-state index contributed by atoms with van der Waals surface area (Å²) < 4.78 is 0. The molecule has 0 aromatic carbocycles. The maximum absolute atomic E-state index is 12.5. The predicted octanol–water partition coefficient (Wildman–Crippen LogP) is 1.84. The SMILES string of the molecule is C=CCCC(=O)N1C[C@@H](C(=O)O)C[C@@H](C(=O)Nc2ccc(C)nc2)C1. The van der Waals surface area contributed by atoms with Gasteiger partial charge in [0, 0.05) is 25.2 Å². The van der Waals surface area contributed by atoms with Crippen LogP contribution in [0.1, 0.15) is 25.0 Å². The van der Waals surface area contributed by atoms with Crippen molar-refractivity contribution in [1.29, 1.82) is 0 Å². The Balaban J connectivity index is 2.07. The molecule has 0 radical (unpaired) electrons. The average Bonchev–Trinajstić information content (AvgIpc) is 2.61. The fourth-order valence-corrected chi connectivity index (χ4v) is 2.84. The van der Waals surface area contributed by atoms with Crippen LogP contribution in [0, 0.1) is 18.8 Å². The number of nitrogens with zero attached hydrogens (tertiary/aromatic N) is 2. The Morgan fingerprint density at radius 3 is 2.68 bits per heavy atom. The molecule has 25 heavy (non-hydrogen) atoms. The Kier molecular flexibility index (Phi) is 6.27. The van der Waals surface area contributed by atoms with Crippen LogP contribution in [0.3, 0.4) is 0 Å². The summed E-state index contributed by atoms with van der Waals surface area (Å²) >= 11 is 0. The zero-order valence-corrected chi connectivity index (χ0v) is 14.3. The minimum atomic E-state index is -0.990. The molecule has 1 aromatic heterocycles. The zero-order chi connectivity index (χ0) is 18.4. The predicted molar refractivity (Wildman–Crippen MR) is 92.8 cm³/mol. The fourth-order valence-electron chi connectivity index (χ4n) is 2.84. The van der Waals surface area contributed by atoms with Crippen molar-refractivity contribution in [3.05, 3.63) is 36.7 Å². The van der Waals surface area contributed by atoms with E-state index in [1.54, 1.807) is 24.4 Å². The van der Waals surface area contributed by atoms with E-state index in [2.05, 4.69) is 16.9 Å². The van der Waals surface area contributed by atoms with Gasteiger partial charge in [-0.05, 0) is 31.9 Å². The van der Waals surface area contributed by atoms with Gasteiger partial charge in [-0.15, -0.1) is 6.58 Å². The summed E-state index contributed by atoms with van der Waals surface area (Å²) in [5, 5.41) is 12.1. The minimum Gasteiger partial charge on any atom is -0.481 e. The molecular formula is C18H23N3O4. The van der Waals surface area contributed by atoms with Crippen LogP contribution in [0.15, 0.2) is 31.0 Å². The highest BCUT2D eigenvalue weighted by Crippen LogP contribution is 2.24. The molecule has 7 nitrogen and oxygen atoms in total. The highest BCUT2D eigenvalue weighted by molar-refractivity contribution is 5.93. The summed E-state index contributed by atoms with van der Waals surface area (Å²) in [5.41, 5.74) is 1.39. The lowest BCUT2D eigenvalue weighted by atomic mass is 9.88. The number of aromatic nitrogens is 1. The van der Waals surface area contributed by atoms with E-state index in [-0.39, 0.29) is 37.7 Å². The largest absolute Gasteiger partial charge is 0.481 e. The number of likely N-dealkylation sites (tertiary alicyclic amines) is 1. The summed E-state index contributed by atoms with van der Waals surface area (Å²) in [6.07, 6.45) is 4.21. The molecule has 1 saturated heterocycles. The lowest BCUT2D eigenvalue weighted by molar-refractivity contribution is -0.147. The maximum atomic E-state index is 12.5. The Morgan fingerprint density at radius 2 is 2.08 bits per heavy atom. The second-order valence-corrected chi connectivity index (χ2v) is 6.27. The molecule has 1 fully saturated rings. The summed E-state index contributed by atoms with van der Waals surface area (Å²) in [6.45, 7) is 5.79. The Hall–Kier alpha value is -2.70. The number of carboxylic acids is 1. The van der Waals surface area contributed by atoms with Crippen molar-refractivity contribution in [1.82, 2.24) is 9.88 Å². The van der Waals surface area contributed by atoms with Gasteiger partial charge in [-0.1, -0.05) is 6.08 Å². The van der Waals surface area contributed by atoms with Crippen molar-refractivity contribution >= 4 is 23.5 Å². The second-order valence-electron chi connectivity index (χ2n) is 6.27. The van der Waals surface area contributed by atoms with Gasteiger partial charge in [0.1, 0.15) is 0 Å². The third-order valence-electron chi connectivity index (χ3n) is 4.26. The number of anilines is 1. The van der Waals surface area contributed by atoms with E-state index in [0.717, 1.165) is 5.69 Å². The van der Waals surface area contributed by atoms with Gasteiger partial charge in [-0.3, -0.25) is 19.4 Å². The van der Waals surface area contributed by atoms with Crippen LogP contribution in [0.5, 0.6) is 0 Å². The van der Waals surface area contributed by atoms with Crippen LogP contribution < -0.4 is 5.32 Å². The first-order valence-corrected chi connectivity index (χ1v) is 8.25. The smallest absolute Gasteiger partial charge is 0.308 e. The van der Waals surface area contributed by atoms with Crippen molar-refractivity contribution in [2.75, 3.05) is 18.4 Å². The molecular weight excluding hydrogens is 322 g/mol. The standard InChI is InChI=1S/C18H23N3O4/c1-3-4-5-16(22)21-10-13(8-14(11-21)18(24)25)17(23)20-15-7-6-12(2)19-9-15/h3,6-7,9,13-14H,1,4-5,8,10-11H2,2H3,(H,20,23)(H,24,25)/t13-,14+/m1/s1. The number of aryl methyl sites for hydroxylation is 1. The number of piperidine rings is 1. The summed E-state index contributed by atoms with van der Waals surface area (Å²) in [7, 11) is 0. The van der Waals surface area contributed by atoms with Crippen LogP contribution in [0.4, 0.5) is 5.69 Å². The van der Waals surface area contributed by atoms with Crippen molar-refractivity contribution in [2.45, 2.75) is 26.2 Å². The Labute approximate surface area is 146 Å². The Bertz CT molecular complexity index is 657. The lowest BCUT2D eigenvalue weighted by Crippen LogP contribution is -2.49. The quantitative estimate of drug-likeness (QED) is 0.767. The average molecular weight is 345 g/mol. The van der Waals surface area contributed by atoms with Gasteiger partial charge in [0.25, 0.3) is 0 Å². The summed E-state index contributed by atoms with van der Waals surface area (Å²) in [6, 6.07) is 3.52. The van der Waals surface area contributed by atoms with Gasteiger partial charge in [-0.25, -0.2) is 0 Å². The van der Waals surface area contributed by atoms with E-state index in [0.29, 0.717) is 12.1 Å². The molecule has 2 atom stereocenters. The van der Waals surface area contributed by atoms with Crippen LogP contribution in [-0.4, -0.2) is 45.9 Å². The number of hydrogen-bond acceptors (Lipinski definition) is 4. The van der Waals surface area contributed by atoms with E-state index in [1.165, 1.54) is 4.90 Å². The number of nitrogens with one attached hydrogen (secondary N) is 1. The number of allylic oxidation sites excluding steroid dienone is 1. The van der Waals surface area contributed by atoms with E-state index >= 15 is 0 Å². The van der Waals surface area contributed by atoms with Crippen LogP contribution in [0.2, 0.25) is 0 Å². The molecule has 2 rings (SSSR count). The number of aliphatic carboxylic acids is 1. The lowest BCUT2D eigenvalue weighted by Gasteiger charge is -2.35. The van der Waals surface area contributed by atoms with E-state index in [4.69, 9.17) is 0 Å². The molecule has 1 aliphatic rings. The minimum absolute atomic E-state index is 0.140. The zero-order valence-electron chi connectivity index (χ0n) is 14.3. The van der Waals surface area contributed by atoms with E-state index in [9.17, 15) is 19.5 Å². The number of carbonyl (C=O) groups excluding carboxylic acids is 2. The van der Waals surface area contributed by atoms with Gasteiger partial charge < -0.3 is 15.3 Å². The molecule has 0 bridgehead atoms. The number of carbonyl (C=O) groups is 3. The molecule has 0 aliphatic carbocycles. The van der Waals surface area contributed by atoms with Gasteiger partial charge in [-0.2, -0.15) is 0 Å². The maximum Gasteiger partial charge on any atom is 0.308 e. The number of amides is 2. The van der Waals surface area contributed by atoms with Crippen molar-refractivity contribution in [3.63, 3.8) is 0 Å². The van der Waals surface area contributed by atoms with Crippen LogP contribution >= 0.6 is 0 Å². The van der Waals surface area contributed by atoms with Crippen molar-refractivity contribution in [2.24, 2.45) is 11.8 Å². The number of hydrogen-bond donors (Lipinski definition) is 2. The van der Waals surface area contributed by atoms with Gasteiger partial charge in [0.2, 0.25) is 11.8 Å². The summed E-state index contributed by atoms with van der Waals surface area (Å²) in [4.78, 5) is 41.7. The van der Waals surface area contributed by atoms with Crippen molar-refractivity contribution in [3.8, 4) is 0 Å². The highest BCUT2D eigenvalue weighted by atomic mass is 16.4.